The van der Waals surface area contributed by atoms with Crippen LogP contribution in [0.25, 0.3) is 0 Å². The summed E-state index contributed by atoms with van der Waals surface area (Å²) in [7, 11) is 1.66. The van der Waals surface area contributed by atoms with Crippen molar-refractivity contribution >= 4 is 23.5 Å². The monoisotopic (exact) mass is 484 g/mol. The number of urea groups is 1. The SMILES string of the molecule is CN(CC1CCCN(C(=O)Nc2cc(C(F)(F)F)ccc2N2CCCC2)C1)C(=O)OC(C)(C)C. The van der Waals surface area contributed by atoms with Crippen molar-refractivity contribution in [1.82, 2.24) is 9.80 Å². The average molecular weight is 485 g/mol. The first-order chi connectivity index (χ1) is 15.8. The van der Waals surface area contributed by atoms with E-state index in [-0.39, 0.29) is 11.6 Å². The summed E-state index contributed by atoms with van der Waals surface area (Å²) < 4.78 is 45.4. The van der Waals surface area contributed by atoms with Crippen molar-refractivity contribution in [2.24, 2.45) is 5.92 Å². The molecule has 1 unspecified atom stereocenters. The van der Waals surface area contributed by atoms with E-state index in [1.54, 1.807) is 32.7 Å². The number of carbonyl (C=O) groups is 2. The smallest absolute Gasteiger partial charge is 0.416 e. The molecule has 1 N–H and O–H groups in total. The maximum Gasteiger partial charge on any atom is 0.416 e. The Morgan fingerprint density at radius 3 is 2.41 bits per heavy atom. The van der Waals surface area contributed by atoms with Crippen LogP contribution in [0.15, 0.2) is 18.2 Å². The van der Waals surface area contributed by atoms with Gasteiger partial charge in [-0.15, -0.1) is 0 Å². The molecule has 0 bridgehead atoms. The fourth-order valence-electron chi connectivity index (χ4n) is 4.44. The number of ether oxygens (including phenoxy) is 1. The summed E-state index contributed by atoms with van der Waals surface area (Å²) in [5.41, 5.74) is -0.602. The third-order valence-corrected chi connectivity index (χ3v) is 6.06. The van der Waals surface area contributed by atoms with E-state index in [1.807, 2.05) is 4.90 Å². The number of halogens is 3. The molecule has 2 aliphatic heterocycles. The Bertz CT molecular complexity index is 879. The first-order valence-corrected chi connectivity index (χ1v) is 11.8. The van der Waals surface area contributed by atoms with Crippen LogP contribution in [0, 0.1) is 5.92 Å². The van der Waals surface area contributed by atoms with E-state index < -0.39 is 29.5 Å². The quantitative estimate of drug-likeness (QED) is 0.620. The minimum absolute atomic E-state index is 0.0524. The molecule has 0 aliphatic carbocycles. The van der Waals surface area contributed by atoms with Crippen LogP contribution in [-0.2, 0) is 10.9 Å². The Balaban J connectivity index is 1.68. The predicted molar refractivity (Wildman–Crippen MR) is 125 cm³/mol. The minimum atomic E-state index is -4.49. The maximum absolute atomic E-state index is 13.3. The van der Waals surface area contributed by atoms with Gasteiger partial charge in [0.2, 0.25) is 0 Å². The fraction of sp³-hybridized carbons (Fsp3) is 0.667. The molecule has 1 aromatic rings. The lowest BCUT2D eigenvalue weighted by molar-refractivity contribution is -0.137. The standard InChI is InChI=1S/C24H35F3N4O3/c1-23(2,3)34-22(33)29(4)15-17-8-7-13-31(16-17)21(32)28-19-14-18(24(25,26)27)9-10-20(19)30-11-5-6-12-30/h9-10,14,17H,5-8,11-13,15-16H2,1-4H3,(H,28,32). The number of nitrogens with zero attached hydrogens (tertiary/aromatic N) is 3. The molecule has 0 saturated carbocycles. The van der Waals surface area contributed by atoms with Gasteiger partial charge in [-0.2, -0.15) is 13.2 Å². The predicted octanol–water partition coefficient (Wildman–Crippen LogP) is 5.42. The molecule has 1 atom stereocenters. The summed E-state index contributed by atoms with van der Waals surface area (Å²) in [4.78, 5) is 30.5. The molecule has 0 aromatic heterocycles. The fourth-order valence-corrected chi connectivity index (χ4v) is 4.44. The number of amides is 3. The summed E-state index contributed by atoms with van der Waals surface area (Å²) in [5.74, 6) is 0.0524. The third-order valence-electron chi connectivity index (χ3n) is 6.06. The van der Waals surface area contributed by atoms with Crippen molar-refractivity contribution in [2.45, 2.75) is 58.2 Å². The second-order valence-corrected chi connectivity index (χ2v) is 10.2. The van der Waals surface area contributed by atoms with Gasteiger partial charge in [-0.25, -0.2) is 9.59 Å². The molecule has 2 saturated heterocycles. The molecule has 3 amide bonds. The van der Waals surface area contributed by atoms with Crippen LogP contribution in [0.5, 0.6) is 0 Å². The van der Waals surface area contributed by atoms with Gasteiger partial charge in [0, 0.05) is 39.8 Å². The highest BCUT2D eigenvalue weighted by molar-refractivity contribution is 5.93. The van der Waals surface area contributed by atoms with E-state index in [0.29, 0.717) is 25.3 Å². The summed E-state index contributed by atoms with van der Waals surface area (Å²) in [6.07, 6.45) is -1.39. The molecule has 3 rings (SSSR count). The Morgan fingerprint density at radius 2 is 1.79 bits per heavy atom. The second-order valence-electron chi connectivity index (χ2n) is 10.2. The van der Waals surface area contributed by atoms with Crippen molar-refractivity contribution in [3.8, 4) is 0 Å². The van der Waals surface area contributed by atoms with Gasteiger partial charge in [-0.3, -0.25) is 0 Å². The molecule has 2 fully saturated rings. The molecule has 190 valence electrons. The van der Waals surface area contributed by atoms with Crippen molar-refractivity contribution in [3.05, 3.63) is 23.8 Å². The van der Waals surface area contributed by atoms with Gasteiger partial charge in [0.15, 0.2) is 0 Å². The van der Waals surface area contributed by atoms with Crippen molar-refractivity contribution in [1.29, 1.82) is 0 Å². The van der Waals surface area contributed by atoms with E-state index >= 15 is 0 Å². The molecule has 7 nitrogen and oxygen atoms in total. The molecule has 2 aliphatic rings. The van der Waals surface area contributed by atoms with Crippen LogP contribution in [-0.4, -0.2) is 67.3 Å². The first-order valence-electron chi connectivity index (χ1n) is 11.8. The minimum Gasteiger partial charge on any atom is -0.444 e. The molecule has 2 heterocycles. The van der Waals surface area contributed by atoms with Gasteiger partial charge < -0.3 is 24.8 Å². The van der Waals surface area contributed by atoms with Crippen LogP contribution in [0.3, 0.4) is 0 Å². The number of likely N-dealkylation sites (tertiary alicyclic amines) is 1. The topological polar surface area (TPSA) is 65.1 Å². The highest BCUT2D eigenvalue weighted by Gasteiger charge is 2.33. The Morgan fingerprint density at radius 1 is 1.12 bits per heavy atom. The molecule has 0 radical (unpaired) electrons. The summed E-state index contributed by atoms with van der Waals surface area (Å²) in [6, 6.07) is 3.10. The highest BCUT2D eigenvalue weighted by Crippen LogP contribution is 2.36. The number of hydrogen-bond donors (Lipinski definition) is 1. The summed E-state index contributed by atoms with van der Waals surface area (Å²) >= 11 is 0. The largest absolute Gasteiger partial charge is 0.444 e. The number of benzene rings is 1. The highest BCUT2D eigenvalue weighted by atomic mass is 19.4. The third kappa shape index (κ3) is 6.93. The summed E-state index contributed by atoms with van der Waals surface area (Å²) in [5, 5.41) is 2.74. The number of carbonyl (C=O) groups excluding carboxylic acids is 2. The summed E-state index contributed by atoms with van der Waals surface area (Å²) in [6.45, 7) is 8.25. The lowest BCUT2D eigenvalue weighted by Crippen LogP contribution is -2.46. The van der Waals surface area contributed by atoms with Gasteiger partial charge in [0.1, 0.15) is 5.60 Å². The lowest BCUT2D eigenvalue weighted by atomic mass is 9.98. The average Bonchev–Trinajstić information content (AvgIpc) is 3.26. The van der Waals surface area contributed by atoms with Gasteiger partial charge in [-0.05, 0) is 70.6 Å². The normalized spacial score (nSPS) is 19.2. The molecule has 0 spiro atoms. The molecular weight excluding hydrogens is 449 g/mol. The van der Waals surface area contributed by atoms with E-state index in [2.05, 4.69) is 5.32 Å². The number of anilines is 2. The van der Waals surface area contributed by atoms with Gasteiger partial charge >= 0.3 is 18.3 Å². The van der Waals surface area contributed by atoms with Crippen LogP contribution in [0.2, 0.25) is 0 Å². The number of alkyl halides is 3. The van der Waals surface area contributed by atoms with Crippen molar-refractivity contribution in [2.75, 3.05) is 50.0 Å². The van der Waals surface area contributed by atoms with Crippen LogP contribution in [0.1, 0.15) is 52.0 Å². The van der Waals surface area contributed by atoms with E-state index in [4.69, 9.17) is 4.74 Å². The number of piperidine rings is 1. The maximum atomic E-state index is 13.3. The van der Waals surface area contributed by atoms with Gasteiger partial charge in [0.05, 0.1) is 16.9 Å². The number of nitrogens with one attached hydrogen (secondary N) is 1. The van der Waals surface area contributed by atoms with Gasteiger partial charge in [-0.1, -0.05) is 0 Å². The first kappa shape index (κ1) is 26.0. The number of hydrogen-bond acceptors (Lipinski definition) is 4. The molecular formula is C24H35F3N4O3. The van der Waals surface area contributed by atoms with E-state index in [0.717, 1.165) is 50.9 Å². The zero-order chi connectivity index (χ0) is 25.1. The van der Waals surface area contributed by atoms with Crippen LogP contribution < -0.4 is 10.2 Å². The van der Waals surface area contributed by atoms with Crippen molar-refractivity contribution < 1.29 is 27.5 Å². The van der Waals surface area contributed by atoms with Crippen LogP contribution in [0.4, 0.5) is 34.1 Å². The van der Waals surface area contributed by atoms with Crippen LogP contribution >= 0.6 is 0 Å². The molecule has 1 aromatic carbocycles. The zero-order valence-corrected chi connectivity index (χ0v) is 20.4. The van der Waals surface area contributed by atoms with Crippen molar-refractivity contribution in [3.63, 3.8) is 0 Å². The molecule has 10 heteroatoms. The van der Waals surface area contributed by atoms with E-state index in [1.165, 1.54) is 11.0 Å². The number of rotatable bonds is 4. The Hall–Kier alpha value is -2.65. The lowest BCUT2D eigenvalue weighted by Gasteiger charge is -2.35. The Labute approximate surface area is 199 Å². The van der Waals surface area contributed by atoms with E-state index in [9.17, 15) is 22.8 Å². The van der Waals surface area contributed by atoms with Gasteiger partial charge in [0.25, 0.3) is 0 Å². The molecule has 34 heavy (non-hydrogen) atoms. The Kier molecular flexibility index (Phi) is 7.88. The zero-order valence-electron chi connectivity index (χ0n) is 20.4. The second kappa shape index (κ2) is 10.3.